The van der Waals surface area contributed by atoms with Gasteiger partial charge in [0.1, 0.15) is 0 Å². The van der Waals surface area contributed by atoms with Crippen LogP contribution < -0.4 is 10.6 Å². The monoisotopic (exact) mass is 276 g/mol. The number of nitrogens with zero attached hydrogens (tertiary/aromatic N) is 1. The van der Waals surface area contributed by atoms with Crippen molar-refractivity contribution in [2.75, 3.05) is 30.8 Å². The topological polar surface area (TPSA) is 55.6 Å². The summed E-state index contributed by atoms with van der Waals surface area (Å²) in [5.74, 6) is -0.347. The van der Waals surface area contributed by atoms with Gasteiger partial charge in [-0.15, -0.1) is 0 Å². The Hall–Kier alpha value is -1.71. The quantitative estimate of drug-likeness (QED) is 0.666. The van der Waals surface area contributed by atoms with Gasteiger partial charge in [-0.3, -0.25) is 0 Å². The highest BCUT2D eigenvalue weighted by Crippen LogP contribution is 2.33. The maximum atomic E-state index is 11.5. The molecule has 0 spiro atoms. The first-order valence-corrected chi connectivity index (χ1v) is 7.16. The lowest BCUT2D eigenvalue weighted by molar-refractivity contribution is 0.0601. The average Bonchev–Trinajstić information content (AvgIpc) is 2.59. The smallest absolute Gasteiger partial charge is 0.337 e. The molecule has 2 rings (SSSR count). The van der Waals surface area contributed by atoms with E-state index in [1.807, 2.05) is 6.07 Å². The predicted octanol–water partition coefficient (Wildman–Crippen LogP) is 3.07. The lowest BCUT2D eigenvalue weighted by Gasteiger charge is -2.26. The molecule has 110 valence electrons. The minimum Gasteiger partial charge on any atom is -0.465 e. The molecular formula is C16H24N2O2. The molecule has 20 heavy (non-hydrogen) atoms. The van der Waals surface area contributed by atoms with E-state index < -0.39 is 0 Å². The molecule has 0 amide bonds. The highest BCUT2D eigenvalue weighted by atomic mass is 16.5. The molecule has 1 fully saturated rings. The Morgan fingerprint density at radius 2 is 2.05 bits per heavy atom. The Bertz CT molecular complexity index is 497. The lowest BCUT2D eigenvalue weighted by atomic mass is 9.85. The number of carbonyl (C=O) groups excluding carboxylic acids is 1. The standard InChI is InChI=1S/C16H24N2O2/c1-16(2)7-4-9-18(10-8-16)14-6-5-12(11-13(14)17)15(19)20-3/h5-6,11H,4,7-10,17H2,1-3H3. The largest absolute Gasteiger partial charge is 0.465 e. The summed E-state index contributed by atoms with van der Waals surface area (Å²) in [5.41, 5.74) is 8.69. The summed E-state index contributed by atoms with van der Waals surface area (Å²) in [6.07, 6.45) is 3.57. The van der Waals surface area contributed by atoms with Crippen LogP contribution >= 0.6 is 0 Å². The summed E-state index contributed by atoms with van der Waals surface area (Å²) in [4.78, 5) is 13.8. The molecule has 0 radical (unpaired) electrons. The molecule has 0 unspecified atom stereocenters. The number of ether oxygens (including phenoxy) is 1. The molecule has 1 aromatic carbocycles. The average molecular weight is 276 g/mol. The third kappa shape index (κ3) is 3.24. The number of benzene rings is 1. The van der Waals surface area contributed by atoms with Gasteiger partial charge in [0.05, 0.1) is 24.0 Å². The van der Waals surface area contributed by atoms with E-state index >= 15 is 0 Å². The van der Waals surface area contributed by atoms with Crippen molar-refractivity contribution in [2.45, 2.75) is 33.1 Å². The third-order valence-corrected chi connectivity index (χ3v) is 4.13. The molecule has 0 aliphatic carbocycles. The van der Waals surface area contributed by atoms with Crippen LogP contribution in [0.4, 0.5) is 11.4 Å². The number of carbonyl (C=O) groups is 1. The van der Waals surface area contributed by atoms with Crippen LogP contribution in [0.1, 0.15) is 43.5 Å². The SMILES string of the molecule is COC(=O)c1ccc(N2CCCC(C)(C)CC2)c(N)c1. The van der Waals surface area contributed by atoms with E-state index in [-0.39, 0.29) is 5.97 Å². The number of nitrogens with two attached hydrogens (primary N) is 1. The minimum absolute atomic E-state index is 0.347. The van der Waals surface area contributed by atoms with Crippen LogP contribution in [0.25, 0.3) is 0 Å². The molecule has 4 heteroatoms. The third-order valence-electron chi connectivity index (χ3n) is 4.13. The molecule has 1 aromatic rings. The van der Waals surface area contributed by atoms with Gasteiger partial charge < -0.3 is 15.4 Å². The predicted molar refractivity (Wildman–Crippen MR) is 82.0 cm³/mol. The molecule has 1 aliphatic rings. The Labute approximate surface area is 120 Å². The Morgan fingerprint density at radius 3 is 2.70 bits per heavy atom. The van der Waals surface area contributed by atoms with Gasteiger partial charge >= 0.3 is 5.97 Å². The van der Waals surface area contributed by atoms with E-state index in [0.717, 1.165) is 25.2 Å². The fourth-order valence-corrected chi connectivity index (χ4v) is 2.75. The first-order chi connectivity index (χ1) is 9.43. The molecule has 2 N–H and O–H groups in total. The first kappa shape index (κ1) is 14.7. The second kappa shape index (κ2) is 5.73. The van der Waals surface area contributed by atoms with Gasteiger partial charge in [0.25, 0.3) is 0 Å². The van der Waals surface area contributed by atoms with E-state index in [1.54, 1.807) is 12.1 Å². The Balaban J connectivity index is 2.18. The Morgan fingerprint density at radius 1 is 1.30 bits per heavy atom. The van der Waals surface area contributed by atoms with Gasteiger partial charge in [-0.25, -0.2) is 4.79 Å². The summed E-state index contributed by atoms with van der Waals surface area (Å²) < 4.78 is 4.72. The van der Waals surface area contributed by atoms with E-state index in [4.69, 9.17) is 10.5 Å². The number of anilines is 2. The van der Waals surface area contributed by atoms with E-state index in [1.165, 1.54) is 20.0 Å². The Kier molecular flexibility index (Phi) is 4.21. The van der Waals surface area contributed by atoms with E-state index in [9.17, 15) is 4.79 Å². The van der Waals surface area contributed by atoms with Crippen molar-refractivity contribution < 1.29 is 9.53 Å². The van der Waals surface area contributed by atoms with Gasteiger partial charge in [-0.05, 0) is 42.9 Å². The minimum atomic E-state index is -0.347. The van der Waals surface area contributed by atoms with Crippen molar-refractivity contribution in [3.8, 4) is 0 Å². The van der Waals surface area contributed by atoms with Gasteiger partial charge in [0.15, 0.2) is 0 Å². The van der Waals surface area contributed by atoms with Crippen LogP contribution in [-0.4, -0.2) is 26.2 Å². The molecular weight excluding hydrogens is 252 g/mol. The van der Waals surface area contributed by atoms with Crippen LogP contribution in [0.2, 0.25) is 0 Å². The summed E-state index contributed by atoms with van der Waals surface area (Å²) in [6, 6.07) is 5.42. The van der Waals surface area contributed by atoms with Crippen molar-refractivity contribution in [1.82, 2.24) is 0 Å². The molecule has 1 saturated heterocycles. The lowest BCUT2D eigenvalue weighted by Crippen LogP contribution is -2.26. The fourth-order valence-electron chi connectivity index (χ4n) is 2.75. The molecule has 1 aliphatic heterocycles. The fraction of sp³-hybridized carbons (Fsp3) is 0.562. The number of esters is 1. The molecule has 0 aromatic heterocycles. The number of hydrogen-bond acceptors (Lipinski definition) is 4. The number of rotatable bonds is 2. The van der Waals surface area contributed by atoms with Crippen molar-refractivity contribution in [1.29, 1.82) is 0 Å². The van der Waals surface area contributed by atoms with Gasteiger partial charge in [-0.1, -0.05) is 13.8 Å². The summed E-state index contributed by atoms with van der Waals surface area (Å²) in [6.45, 7) is 6.67. The number of nitrogen functional groups attached to an aromatic ring is 1. The molecule has 1 heterocycles. The zero-order chi connectivity index (χ0) is 14.8. The van der Waals surface area contributed by atoms with Crippen LogP contribution in [0.15, 0.2) is 18.2 Å². The van der Waals surface area contributed by atoms with Gasteiger partial charge in [0, 0.05) is 13.1 Å². The number of methoxy groups -OCH3 is 1. The summed E-state index contributed by atoms with van der Waals surface area (Å²) >= 11 is 0. The van der Waals surface area contributed by atoms with Crippen molar-refractivity contribution in [2.24, 2.45) is 5.41 Å². The summed E-state index contributed by atoms with van der Waals surface area (Å²) in [7, 11) is 1.38. The maximum Gasteiger partial charge on any atom is 0.337 e. The zero-order valence-electron chi connectivity index (χ0n) is 12.6. The van der Waals surface area contributed by atoms with Crippen molar-refractivity contribution in [3.63, 3.8) is 0 Å². The molecule has 4 nitrogen and oxygen atoms in total. The van der Waals surface area contributed by atoms with Crippen molar-refractivity contribution in [3.05, 3.63) is 23.8 Å². The normalized spacial score (nSPS) is 18.4. The van der Waals surface area contributed by atoms with Crippen LogP contribution in [0.5, 0.6) is 0 Å². The highest BCUT2D eigenvalue weighted by molar-refractivity contribution is 5.91. The van der Waals surface area contributed by atoms with Crippen LogP contribution in [0.3, 0.4) is 0 Å². The molecule has 0 atom stereocenters. The first-order valence-electron chi connectivity index (χ1n) is 7.16. The summed E-state index contributed by atoms with van der Waals surface area (Å²) in [5, 5.41) is 0. The number of hydrogen-bond donors (Lipinski definition) is 1. The second-order valence-electron chi connectivity index (χ2n) is 6.27. The van der Waals surface area contributed by atoms with E-state index in [0.29, 0.717) is 16.7 Å². The van der Waals surface area contributed by atoms with Gasteiger partial charge in [0.2, 0.25) is 0 Å². The molecule has 0 bridgehead atoms. The highest BCUT2D eigenvalue weighted by Gasteiger charge is 2.24. The van der Waals surface area contributed by atoms with Gasteiger partial charge in [-0.2, -0.15) is 0 Å². The zero-order valence-corrected chi connectivity index (χ0v) is 12.6. The van der Waals surface area contributed by atoms with Crippen LogP contribution in [-0.2, 0) is 4.74 Å². The maximum absolute atomic E-state index is 11.5. The second-order valence-corrected chi connectivity index (χ2v) is 6.27. The van der Waals surface area contributed by atoms with E-state index in [2.05, 4.69) is 18.7 Å². The molecule has 0 saturated carbocycles. The van der Waals surface area contributed by atoms with Crippen molar-refractivity contribution >= 4 is 17.3 Å². The van der Waals surface area contributed by atoms with Crippen LogP contribution in [0, 0.1) is 5.41 Å².